The summed E-state index contributed by atoms with van der Waals surface area (Å²) < 4.78 is 41.9. The Morgan fingerprint density at radius 1 is 0.848 bits per heavy atom. The van der Waals surface area contributed by atoms with Crippen molar-refractivity contribution in [1.82, 2.24) is 10.2 Å². The van der Waals surface area contributed by atoms with Gasteiger partial charge in [-0.05, 0) is 42.0 Å². The summed E-state index contributed by atoms with van der Waals surface area (Å²) in [5.74, 6) is -1.40. The quantitative estimate of drug-likeness (QED) is 0.464. The SMILES string of the molecule is Cl.OCC(F)(F)[C@H](c1ccc(Oc2ccccc2)c(Oc2ccccc2)c1)N1CCNCC1. The van der Waals surface area contributed by atoms with Crippen LogP contribution in [-0.4, -0.2) is 48.7 Å². The number of aliphatic hydroxyl groups excluding tert-OH is 1. The summed E-state index contributed by atoms with van der Waals surface area (Å²) >= 11 is 0. The Balaban J connectivity index is 0.00000306. The highest BCUT2D eigenvalue weighted by molar-refractivity contribution is 5.85. The third kappa shape index (κ3) is 6.21. The normalized spacial score (nSPS) is 15.4. The lowest BCUT2D eigenvalue weighted by molar-refractivity contribution is -0.118. The van der Waals surface area contributed by atoms with Crippen LogP contribution in [0.2, 0.25) is 0 Å². The molecule has 0 amide bonds. The molecule has 3 aromatic rings. The van der Waals surface area contributed by atoms with E-state index in [1.54, 1.807) is 35.2 Å². The fourth-order valence-electron chi connectivity index (χ4n) is 3.84. The molecule has 0 aliphatic carbocycles. The van der Waals surface area contributed by atoms with Crippen LogP contribution in [0.25, 0.3) is 0 Å². The van der Waals surface area contributed by atoms with Crippen LogP contribution in [-0.2, 0) is 0 Å². The maximum absolute atomic E-state index is 14.9. The fourth-order valence-corrected chi connectivity index (χ4v) is 3.84. The van der Waals surface area contributed by atoms with Crippen LogP contribution in [0.15, 0.2) is 78.9 Å². The molecule has 1 heterocycles. The second kappa shape index (κ2) is 11.4. The topological polar surface area (TPSA) is 54.0 Å². The zero-order valence-corrected chi connectivity index (χ0v) is 18.8. The first-order chi connectivity index (χ1) is 15.6. The molecular formula is C25H27ClF2N2O3. The fraction of sp³-hybridized carbons (Fsp3) is 0.280. The van der Waals surface area contributed by atoms with Gasteiger partial charge in [-0.1, -0.05) is 42.5 Å². The first kappa shape index (κ1) is 24.9. The van der Waals surface area contributed by atoms with E-state index in [1.807, 2.05) is 48.5 Å². The van der Waals surface area contributed by atoms with Crippen LogP contribution in [0.5, 0.6) is 23.0 Å². The van der Waals surface area contributed by atoms with Gasteiger partial charge < -0.3 is 19.9 Å². The Kier molecular flexibility index (Phi) is 8.63. The zero-order valence-electron chi connectivity index (χ0n) is 18.0. The number of hydrogen-bond acceptors (Lipinski definition) is 5. The molecule has 0 saturated carbocycles. The summed E-state index contributed by atoms with van der Waals surface area (Å²) in [4.78, 5) is 1.70. The van der Waals surface area contributed by atoms with Gasteiger partial charge in [0, 0.05) is 26.2 Å². The smallest absolute Gasteiger partial charge is 0.289 e. The van der Waals surface area contributed by atoms with Gasteiger partial charge in [-0.2, -0.15) is 0 Å². The molecular weight excluding hydrogens is 450 g/mol. The number of nitrogens with zero attached hydrogens (tertiary/aromatic N) is 1. The van der Waals surface area contributed by atoms with Gasteiger partial charge in [0.25, 0.3) is 5.92 Å². The van der Waals surface area contributed by atoms with E-state index >= 15 is 0 Å². The number of hydrogen-bond donors (Lipinski definition) is 2. The third-order valence-electron chi connectivity index (χ3n) is 5.35. The van der Waals surface area contributed by atoms with Crippen molar-refractivity contribution in [2.24, 2.45) is 0 Å². The van der Waals surface area contributed by atoms with E-state index in [0.29, 0.717) is 54.7 Å². The molecule has 1 fully saturated rings. The zero-order chi connectivity index (χ0) is 22.4. The molecule has 4 rings (SSSR count). The average molecular weight is 477 g/mol. The monoisotopic (exact) mass is 476 g/mol. The van der Waals surface area contributed by atoms with E-state index in [4.69, 9.17) is 9.47 Å². The molecule has 1 aliphatic heterocycles. The van der Waals surface area contributed by atoms with Crippen molar-refractivity contribution in [3.63, 3.8) is 0 Å². The average Bonchev–Trinajstić information content (AvgIpc) is 2.83. The van der Waals surface area contributed by atoms with Gasteiger partial charge in [-0.3, -0.25) is 4.90 Å². The van der Waals surface area contributed by atoms with Gasteiger partial charge >= 0.3 is 0 Å². The standard InChI is InChI=1S/C25H26F2N2O3.ClH/c26-25(27,18-30)24(29-15-13-28-14-16-29)19-11-12-22(31-20-7-3-1-4-8-20)23(17-19)32-21-9-5-2-6-10-21;/h1-12,17,24,28,30H,13-16,18H2;1H/t24-;/m0./s1. The molecule has 0 spiro atoms. The van der Waals surface area contributed by atoms with Gasteiger partial charge in [0.05, 0.1) is 0 Å². The van der Waals surface area contributed by atoms with Crippen LogP contribution >= 0.6 is 12.4 Å². The van der Waals surface area contributed by atoms with Gasteiger partial charge in [0.15, 0.2) is 11.5 Å². The number of nitrogens with one attached hydrogen (secondary N) is 1. The lowest BCUT2D eigenvalue weighted by Gasteiger charge is -2.38. The highest BCUT2D eigenvalue weighted by Crippen LogP contribution is 2.42. The molecule has 3 aromatic carbocycles. The van der Waals surface area contributed by atoms with Crippen molar-refractivity contribution in [3.05, 3.63) is 84.4 Å². The van der Waals surface area contributed by atoms with E-state index in [-0.39, 0.29) is 12.4 Å². The predicted molar refractivity (Wildman–Crippen MR) is 126 cm³/mol. The Morgan fingerprint density at radius 2 is 1.39 bits per heavy atom. The molecule has 0 radical (unpaired) electrons. The molecule has 0 bridgehead atoms. The molecule has 176 valence electrons. The summed E-state index contributed by atoms with van der Waals surface area (Å²) in [6.45, 7) is 0.898. The Morgan fingerprint density at radius 3 is 1.94 bits per heavy atom. The third-order valence-corrected chi connectivity index (χ3v) is 5.35. The van der Waals surface area contributed by atoms with Gasteiger partial charge in [-0.25, -0.2) is 8.78 Å². The Hall–Kier alpha value is -2.71. The summed E-state index contributed by atoms with van der Waals surface area (Å²) in [6, 6.07) is 21.9. The molecule has 0 unspecified atom stereocenters. The number of benzene rings is 3. The number of aliphatic hydroxyl groups is 1. The first-order valence-corrected chi connectivity index (χ1v) is 10.6. The molecule has 5 nitrogen and oxygen atoms in total. The van der Waals surface area contributed by atoms with E-state index < -0.39 is 18.6 Å². The number of rotatable bonds is 8. The predicted octanol–water partition coefficient (Wildman–Crippen LogP) is 5.27. The highest BCUT2D eigenvalue weighted by Gasteiger charge is 2.44. The summed E-state index contributed by atoms with van der Waals surface area (Å²) in [7, 11) is 0. The van der Waals surface area contributed by atoms with Crippen molar-refractivity contribution < 1.29 is 23.4 Å². The van der Waals surface area contributed by atoms with Crippen LogP contribution in [0.1, 0.15) is 11.6 Å². The van der Waals surface area contributed by atoms with Gasteiger partial charge in [0.2, 0.25) is 0 Å². The molecule has 33 heavy (non-hydrogen) atoms. The molecule has 0 aromatic heterocycles. The van der Waals surface area contributed by atoms with Crippen molar-refractivity contribution in [3.8, 4) is 23.0 Å². The second-order valence-electron chi connectivity index (χ2n) is 7.64. The van der Waals surface area contributed by atoms with Crippen molar-refractivity contribution >= 4 is 12.4 Å². The molecule has 1 atom stereocenters. The van der Waals surface area contributed by atoms with Crippen molar-refractivity contribution in [1.29, 1.82) is 0 Å². The maximum atomic E-state index is 14.9. The minimum atomic E-state index is -3.32. The van der Waals surface area contributed by atoms with Gasteiger partial charge in [-0.15, -0.1) is 12.4 Å². The van der Waals surface area contributed by atoms with Crippen LogP contribution in [0.3, 0.4) is 0 Å². The minimum Gasteiger partial charge on any atom is -0.453 e. The van der Waals surface area contributed by atoms with E-state index in [0.717, 1.165) is 0 Å². The first-order valence-electron chi connectivity index (χ1n) is 10.6. The minimum absolute atomic E-state index is 0. The highest BCUT2D eigenvalue weighted by atomic mass is 35.5. The van der Waals surface area contributed by atoms with Crippen LogP contribution < -0.4 is 14.8 Å². The lowest BCUT2D eigenvalue weighted by atomic mass is 9.97. The summed E-state index contributed by atoms with van der Waals surface area (Å²) in [5.41, 5.74) is 0.359. The Labute approximate surface area is 198 Å². The number of ether oxygens (including phenoxy) is 2. The molecule has 1 saturated heterocycles. The molecule has 2 N–H and O–H groups in total. The largest absolute Gasteiger partial charge is 0.453 e. The van der Waals surface area contributed by atoms with E-state index in [9.17, 15) is 13.9 Å². The molecule has 1 aliphatic rings. The summed E-state index contributed by atoms with van der Waals surface area (Å²) in [5, 5.41) is 12.6. The van der Waals surface area contributed by atoms with Crippen molar-refractivity contribution in [2.45, 2.75) is 12.0 Å². The Bertz CT molecular complexity index is 1000. The van der Waals surface area contributed by atoms with E-state index in [1.165, 1.54) is 0 Å². The maximum Gasteiger partial charge on any atom is 0.289 e. The lowest BCUT2D eigenvalue weighted by Crippen LogP contribution is -2.51. The second-order valence-corrected chi connectivity index (χ2v) is 7.64. The number of alkyl halides is 2. The van der Waals surface area contributed by atoms with Gasteiger partial charge in [0.1, 0.15) is 24.1 Å². The number of para-hydroxylation sites is 2. The summed E-state index contributed by atoms with van der Waals surface area (Å²) in [6.07, 6.45) is 0. The van der Waals surface area contributed by atoms with Crippen LogP contribution in [0, 0.1) is 0 Å². The number of piperazine rings is 1. The number of halogens is 3. The van der Waals surface area contributed by atoms with E-state index in [2.05, 4.69) is 5.32 Å². The molecule has 8 heteroatoms. The van der Waals surface area contributed by atoms with Crippen LogP contribution in [0.4, 0.5) is 8.78 Å². The van der Waals surface area contributed by atoms with Crippen molar-refractivity contribution in [2.75, 3.05) is 32.8 Å².